The maximum Gasteiger partial charge on any atom is 0.331 e. The Labute approximate surface area is 99.8 Å². The fourth-order valence-corrected chi connectivity index (χ4v) is 3.63. The van der Waals surface area contributed by atoms with Crippen molar-refractivity contribution in [2.75, 3.05) is 7.11 Å². The number of methoxy groups -OCH3 is 1. The van der Waals surface area contributed by atoms with Gasteiger partial charge in [0.15, 0.2) is 5.54 Å². The lowest BCUT2D eigenvalue weighted by atomic mass is 9.85. The van der Waals surface area contributed by atoms with Gasteiger partial charge in [-0.25, -0.2) is 4.79 Å². The minimum absolute atomic E-state index is 0.176. The van der Waals surface area contributed by atoms with Crippen molar-refractivity contribution in [3.05, 3.63) is 21.9 Å². The molecule has 0 unspecified atom stereocenters. The summed E-state index contributed by atoms with van der Waals surface area (Å²) < 4.78 is 4.96. The summed E-state index contributed by atoms with van der Waals surface area (Å²) in [7, 11) is 1.45. The summed E-state index contributed by atoms with van der Waals surface area (Å²) >= 11 is 1.64. The van der Waals surface area contributed by atoms with Gasteiger partial charge in [-0.05, 0) is 36.8 Å². The number of carbonyl (C=O) groups is 1. The molecule has 1 aliphatic rings. The normalized spacial score (nSPS) is 28.6. The Morgan fingerprint density at radius 3 is 3.12 bits per heavy atom. The van der Waals surface area contributed by atoms with Gasteiger partial charge >= 0.3 is 5.97 Å². The van der Waals surface area contributed by atoms with Crippen LogP contribution < -0.4 is 5.32 Å². The van der Waals surface area contributed by atoms with Gasteiger partial charge in [0.05, 0.1) is 7.11 Å². The third-order valence-electron chi connectivity index (χ3n) is 3.22. The van der Waals surface area contributed by atoms with E-state index in [0.29, 0.717) is 6.04 Å². The first-order chi connectivity index (χ1) is 7.64. The van der Waals surface area contributed by atoms with Gasteiger partial charge in [-0.3, -0.25) is 5.32 Å². The summed E-state index contributed by atoms with van der Waals surface area (Å²) in [4.78, 5) is 13.2. The molecule has 0 amide bonds. The first kappa shape index (κ1) is 11.6. The molecule has 0 radical (unpaired) electrons. The van der Waals surface area contributed by atoms with Crippen molar-refractivity contribution in [3.8, 4) is 0 Å². The first-order valence-corrected chi connectivity index (χ1v) is 6.45. The molecule has 3 nitrogen and oxygen atoms in total. The standard InChI is InChI=1S/C12H17NO2S/c1-4-12(11(14)15-3)10-9(5-6-16-10)7-8(2)13-12/h5-6,8,13H,4,7H2,1-3H3/t8-,12-/m0/s1. The zero-order valence-electron chi connectivity index (χ0n) is 9.87. The Hall–Kier alpha value is -0.870. The van der Waals surface area contributed by atoms with E-state index in [9.17, 15) is 4.79 Å². The molecule has 1 aromatic rings. The van der Waals surface area contributed by atoms with Crippen LogP contribution in [0, 0.1) is 0 Å². The van der Waals surface area contributed by atoms with E-state index >= 15 is 0 Å². The van der Waals surface area contributed by atoms with Crippen LogP contribution in [0.4, 0.5) is 0 Å². The number of fused-ring (bicyclic) bond motifs is 1. The summed E-state index contributed by atoms with van der Waals surface area (Å²) in [5.74, 6) is -0.176. The molecule has 88 valence electrons. The van der Waals surface area contributed by atoms with Crippen molar-refractivity contribution in [3.63, 3.8) is 0 Å². The molecule has 0 aromatic carbocycles. The zero-order chi connectivity index (χ0) is 11.8. The smallest absolute Gasteiger partial charge is 0.331 e. The van der Waals surface area contributed by atoms with Gasteiger partial charge in [0, 0.05) is 10.9 Å². The van der Waals surface area contributed by atoms with Crippen LogP contribution in [0.1, 0.15) is 30.7 Å². The van der Waals surface area contributed by atoms with E-state index in [1.165, 1.54) is 12.7 Å². The van der Waals surface area contributed by atoms with Crippen LogP contribution in [-0.4, -0.2) is 19.1 Å². The fourth-order valence-electron chi connectivity index (χ4n) is 2.47. The molecule has 16 heavy (non-hydrogen) atoms. The molecular weight excluding hydrogens is 222 g/mol. The minimum Gasteiger partial charge on any atom is -0.467 e. The number of hydrogen-bond acceptors (Lipinski definition) is 4. The van der Waals surface area contributed by atoms with Crippen molar-refractivity contribution in [1.82, 2.24) is 5.32 Å². The van der Waals surface area contributed by atoms with Crippen molar-refractivity contribution in [1.29, 1.82) is 0 Å². The van der Waals surface area contributed by atoms with Crippen LogP contribution in [0.15, 0.2) is 11.4 Å². The zero-order valence-corrected chi connectivity index (χ0v) is 10.7. The van der Waals surface area contributed by atoms with E-state index in [0.717, 1.165) is 17.7 Å². The Morgan fingerprint density at radius 2 is 2.50 bits per heavy atom. The molecule has 1 aromatic heterocycles. The van der Waals surface area contributed by atoms with Gasteiger partial charge in [-0.15, -0.1) is 11.3 Å². The maximum absolute atomic E-state index is 12.0. The summed E-state index contributed by atoms with van der Waals surface area (Å²) in [5, 5.41) is 5.46. The number of thiophene rings is 1. The van der Waals surface area contributed by atoms with Crippen molar-refractivity contribution >= 4 is 17.3 Å². The largest absolute Gasteiger partial charge is 0.467 e. The Bertz CT molecular complexity index is 401. The average Bonchev–Trinajstić information content (AvgIpc) is 2.74. The highest BCUT2D eigenvalue weighted by atomic mass is 32.1. The van der Waals surface area contributed by atoms with Crippen molar-refractivity contribution in [2.45, 2.75) is 38.3 Å². The quantitative estimate of drug-likeness (QED) is 0.803. The van der Waals surface area contributed by atoms with Crippen LogP contribution in [0.3, 0.4) is 0 Å². The van der Waals surface area contributed by atoms with Crippen LogP contribution >= 0.6 is 11.3 Å². The Balaban J connectivity index is 2.51. The third-order valence-corrected chi connectivity index (χ3v) is 4.34. The van der Waals surface area contributed by atoms with Gasteiger partial charge in [-0.1, -0.05) is 6.92 Å². The molecule has 0 bridgehead atoms. The van der Waals surface area contributed by atoms with E-state index in [1.54, 1.807) is 11.3 Å². The molecule has 1 N–H and O–H groups in total. The molecule has 2 atom stereocenters. The highest BCUT2D eigenvalue weighted by Crippen LogP contribution is 2.38. The number of carbonyl (C=O) groups excluding carboxylic acids is 1. The lowest BCUT2D eigenvalue weighted by Gasteiger charge is -2.38. The molecule has 0 fully saturated rings. The van der Waals surface area contributed by atoms with Gasteiger partial charge in [0.25, 0.3) is 0 Å². The second kappa shape index (κ2) is 4.18. The molecule has 2 rings (SSSR count). The van der Waals surface area contributed by atoms with Crippen LogP contribution in [0.5, 0.6) is 0 Å². The minimum atomic E-state index is -0.629. The van der Waals surface area contributed by atoms with E-state index in [2.05, 4.69) is 23.7 Å². The molecule has 0 saturated heterocycles. The Kier molecular flexibility index (Phi) is 3.04. The number of hydrogen-bond donors (Lipinski definition) is 1. The maximum atomic E-state index is 12.0. The SMILES string of the molecule is CC[C@]1(C(=O)OC)N[C@@H](C)Cc2ccsc21. The van der Waals surface area contributed by atoms with E-state index < -0.39 is 5.54 Å². The van der Waals surface area contributed by atoms with Gasteiger partial charge in [0.2, 0.25) is 0 Å². The number of rotatable bonds is 2. The highest BCUT2D eigenvalue weighted by molar-refractivity contribution is 7.10. The summed E-state index contributed by atoms with van der Waals surface area (Å²) in [6, 6.07) is 2.42. The molecule has 0 spiro atoms. The lowest BCUT2D eigenvalue weighted by Crippen LogP contribution is -2.56. The van der Waals surface area contributed by atoms with Crippen LogP contribution in [0.2, 0.25) is 0 Å². The molecule has 0 saturated carbocycles. The first-order valence-electron chi connectivity index (χ1n) is 5.57. The van der Waals surface area contributed by atoms with Crippen LogP contribution in [-0.2, 0) is 21.5 Å². The third kappa shape index (κ3) is 1.57. The van der Waals surface area contributed by atoms with Gasteiger partial charge < -0.3 is 4.74 Å². The van der Waals surface area contributed by atoms with Crippen molar-refractivity contribution in [2.24, 2.45) is 0 Å². The highest BCUT2D eigenvalue weighted by Gasteiger charge is 2.45. The monoisotopic (exact) mass is 239 g/mol. The summed E-state index contributed by atoms with van der Waals surface area (Å²) in [6.07, 6.45) is 1.70. The second-order valence-corrected chi connectivity index (χ2v) is 5.19. The van der Waals surface area contributed by atoms with Crippen LogP contribution in [0.25, 0.3) is 0 Å². The number of nitrogens with one attached hydrogen (secondary N) is 1. The topological polar surface area (TPSA) is 38.3 Å². The Morgan fingerprint density at radius 1 is 1.75 bits per heavy atom. The van der Waals surface area contributed by atoms with E-state index in [4.69, 9.17) is 4.74 Å². The molecule has 1 aliphatic heterocycles. The summed E-state index contributed by atoms with van der Waals surface area (Å²) in [5.41, 5.74) is 0.652. The summed E-state index contributed by atoms with van der Waals surface area (Å²) in [6.45, 7) is 4.12. The van der Waals surface area contributed by atoms with Gasteiger partial charge in [0.1, 0.15) is 0 Å². The van der Waals surface area contributed by atoms with E-state index in [-0.39, 0.29) is 5.97 Å². The van der Waals surface area contributed by atoms with Crippen molar-refractivity contribution < 1.29 is 9.53 Å². The fraction of sp³-hybridized carbons (Fsp3) is 0.583. The van der Waals surface area contributed by atoms with E-state index in [1.807, 2.05) is 6.92 Å². The number of ether oxygens (including phenoxy) is 1. The molecular formula is C12H17NO2S. The molecule has 2 heterocycles. The average molecular weight is 239 g/mol. The predicted octanol–water partition coefficient (Wildman–Crippen LogP) is 2.06. The van der Waals surface area contributed by atoms with Gasteiger partial charge in [-0.2, -0.15) is 0 Å². The molecule has 0 aliphatic carbocycles. The predicted molar refractivity (Wildman–Crippen MR) is 64.6 cm³/mol. The lowest BCUT2D eigenvalue weighted by molar-refractivity contribution is -0.150. The number of esters is 1. The molecule has 4 heteroatoms. The second-order valence-electron chi connectivity index (χ2n) is 4.27.